The van der Waals surface area contributed by atoms with Crippen LogP contribution in [0.4, 0.5) is 0 Å². The Labute approximate surface area is 103 Å². The lowest BCUT2D eigenvalue weighted by Gasteiger charge is -2.28. The van der Waals surface area contributed by atoms with Crippen LogP contribution in [-0.2, 0) is 23.0 Å². The normalized spacial score (nSPS) is 11.8. The highest BCUT2D eigenvalue weighted by Crippen LogP contribution is 2.23. The molecule has 1 aromatic rings. The molecule has 0 saturated carbocycles. The minimum absolute atomic E-state index is 0.186. The zero-order valence-electron chi connectivity index (χ0n) is 11.2. The standard InChI is InChI=1S/C13H22N2O2/c1-5-13(6-2,17-4)12(16)8-7-11-9-10-14-15(11)3/h9-10H,5-8H2,1-4H3. The molecular formula is C13H22N2O2. The van der Waals surface area contributed by atoms with Crippen LogP contribution in [0, 0.1) is 0 Å². The fraction of sp³-hybridized carbons (Fsp3) is 0.692. The molecule has 1 heterocycles. The van der Waals surface area contributed by atoms with E-state index in [9.17, 15) is 4.79 Å². The third-order valence-corrected chi connectivity index (χ3v) is 3.57. The Hall–Kier alpha value is -1.16. The van der Waals surface area contributed by atoms with E-state index in [2.05, 4.69) is 5.10 Å². The molecule has 0 bridgehead atoms. The van der Waals surface area contributed by atoms with Crippen LogP contribution in [0.1, 0.15) is 38.8 Å². The summed E-state index contributed by atoms with van der Waals surface area (Å²) in [6.07, 6.45) is 4.44. The number of ketones is 1. The van der Waals surface area contributed by atoms with Gasteiger partial charge >= 0.3 is 0 Å². The van der Waals surface area contributed by atoms with E-state index in [1.807, 2.05) is 27.0 Å². The molecule has 17 heavy (non-hydrogen) atoms. The van der Waals surface area contributed by atoms with Gasteiger partial charge in [-0.25, -0.2) is 0 Å². The highest BCUT2D eigenvalue weighted by Gasteiger charge is 2.33. The zero-order valence-corrected chi connectivity index (χ0v) is 11.2. The van der Waals surface area contributed by atoms with Gasteiger partial charge in [0, 0.05) is 32.5 Å². The summed E-state index contributed by atoms with van der Waals surface area (Å²) in [4.78, 5) is 12.2. The number of nitrogens with zero attached hydrogens (tertiary/aromatic N) is 2. The van der Waals surface area contributed by atoms with Gasteiger partial charge in [0.25, 0.3) is 0 Å². The summed E-state index contributed by atoms with van der Waals surface area (Å²) in [5, 5.41) is 4.09. The number of Topliss-reactive ketones (excluding diaryl/α,β-unsaturated/α-hetero) is 1. The maximum atomic E-state index is 12.2. The quantitative estimate of drug-likeness (QED) is 0.731. The van der Waals surface area contributed by atoms with Gasteiger partial charge in [0.2, 0.25) is 0 Å². The van der Waals surface area contributed by atoms with E-state index in [1.165, 1.54) is 0 Å². The second-order valence-electron chi connectivity index (χ2n) is 4.27. The van der Waals surface area contributed by atoms with Gasteiger partial charge in [-0.2, -0.15) is 5.10 Å². The first kappa shape index (κ1) is 13.9. The SMILES string of the molecule is CCC(CC)(OC)C(=O)CCc1ccnn1C. The number of methoxy groups -OCH3 is 1. The number of carbonyl (C=O) groups excluding carboxylic acids is 1. The molecule has 0 spiro atoms. The van der Waals surface area contributed by atoms with Crippen molar-refractivity contribution in [1.29, 1.82) is 0 Å². The van der Waals surface area contributed by atoms with E-state index >= 15 is 0 Å². The van der Waals surface area contributed by atoms with Crippen molar-refractivity contribution in [3.8, 4) is 0 Å². The summed E-state index contributed by atoms with van der Waals surface area (Å²) in [5.74, 6) is 0.186. The van der Waals surface area contributed by atoms with Gasteiger partial charge in [0.05, 0.1) is 0 Å². The lowest BCUT2D eigenvalue weighted by Crippen LogP contribution is -2.39. The maximum absolute atomic E-state index is 12.2. The Morgan fingerprint density at radius 2 is 2.12 bits per heavy atom. The number of hydrogen-bond donors (Lipinski definition) is 0. The Balaban J connectivity index is 2.63. The van der Waals surface area contributed by atoms with E-state index in [0.717, 1.165) is 25.0 Å². The summed E-state index contributed by atoms with van der Waals surface area (Å²) < 4.78 is 7.23. The van der Waals surface area contributed by atoms with Gasteiger partial charge in [-0.3, -0.25) is 9.48 Å². The topological polar surface area (TPSA) is 44.1 Å². The minimum Gasteiger partial charge on any atom is -0.370 e. The average molecular weight is 238 g/mol. The van der Waals surface area contributed by atoms with Crippen molar-refractivity contribution in [3.63, 3.8) is 0 Å². The van der Waals surface area contributed by atoms with Crippen LogP contribution < -0.4 is 0 Å². The molecule has 0 radical (unpaired) electrons. The van der Waals surface area contributed by atoms with Crippen molar-refractivity contribution in [2.24, 2.45) is 7.05 Å². The number of aryl methyl sites for hydroxylation is 2. The fourth-order valence-electron chi connectivity index (χ4n) is 2.16. The van der Waals surface area contributed by atoms with Gasteiger partial charge in [0.1, 0.15) is 5.60 Å². The Kier molecular flexibility index (Phi) is 4.87. The molecule has 0 saturated heterocycles. The molecule has 0 aromatic carbocycles. The van der Waals surface area contributed by atoms with E-state index in [4.69, 9.17) is 4.74 Å². The van der Waals surface area contributed by atoms with Crippen molar-refractivity contribution in [1.82, 2.24) is 9.78 Å². The molecule has 0 atom stereocenters. The smallest absolute Gasteiger partial charge is 0.164 e. The van der Waals surface area contributed by atoms with Gasteiger partial charge in [-0.15, -0.1) is 0 Å². The summed E-state index contributed by atoms with van der Waals surface area (Å²) in [6, 6.07) is 1.94. The van der Waals surface area contributed by atoms with E-state index in [-0.39, 0.29) is 5.78 Å². The molecule has 0 unspecified atom stereocenters. The molecule has 4 heteroatoms. The zero-order chi connectivity index (χ0) is 12.9. The summed E-state index contributed by atoms with van der Waals surface area (Å²) >= 11 is 0. The molecule has 0 N–H and O–H groups in total. The molecular weight excluding hydrogens is 216 g/mol. The summed E-state index contributed by atoms with van der Waals surface area (Å²) in [5.41, 5.74) is 0.481. The molecule has 0 fully saturated rings. The Bertz CT molecular complexity index is 359. The van der Waals surface area contributed by atoms with Crippen molar-refractivity contribution in [2.75, 3.05) is 7.11 Å². The molecule has 96 valence electrons. The second-order valence-corrected chi connectivity index (χ2v) is 4.27. The first-order chi connectivity index (χ1) is 8.09. The molecule has 1 rings (SSSR count). The van der Waals surface area contributed by atoms with Crippen LogP contribution >= 0.6 is 0 Å². The first-order valence-electron chi connectivity index (χ1n) is 6.15. The highest BCUT2D eigenvalue weighted by atomic mass is 16.5. The molecule has 4 nitrogen and oxygen atoms in total. The number of hydrogen-bond acceptors (Lipinski definition) is 3. The lowest BCUT2D eigenvalue weighted by molar-refractivity contribution is -0.142. The van der Waals surface area contributed by atoms with Gasteiger partial charge in [0.15, 0.2) is 5.78 Å². The Morgan fingerprint density at radius 3 is 2.53 bits per heavy atom. The molecule has 0 aliphatic rings. The highest BCUT2D eigenvalue weighted by molar-refractivity contribution is 5.87. The number of aromatic nitrogens is 2. The largest absolute Gasteiger partial charge is 0.370 e. The van der Waals surface area contributed by atoms with Gasteiger partial charge < -0.3 is 4.74 Å². The predicted octanol–water partition coefficient (Wildman–Crippen LogP) is 2.13. The van der Waals surface area contributed by atoms with Crippen molar-refractivity contribution >= 4 is 5.78 Å². The monoisotopic (exact) mass is 238 g/mol. The van der Waals surface area contributed by atoms with Crippen LogP contribution in [0.3, 0.4) is 0 Å². The molecule has 0 aliphatic carbocycles. The van der Waals surface area contributed by atoms with Crippen molar-refractivity contribution in [3.05, 3.63) is 18.0 Å². The van der Waals surface area contributed by atoms with Crippen LogP contribution in [0.25, 0.3) is 0 Å². The average Bonchev–Trinajstić information content (AvgIpc) is 2.75. The van der Waals surface area contributed by atoms with E-state index in [1.54, 1.807) is 18.0 Å². The van der Waals surface area contributed by atoms with Gasteiger partial charge in [-0.1, -0.05) is 13.8 Å². The molecule has 0 aliphatic heterocycles. The Morgan fingerprint density at radius 1 is 1.47 bits per heavy atom. The van der Waals surface area contributed by atoms with E-state index in [0.29, 0.717) is 6.42 Å². The number of carbonyl (C=O) groups is 1. The third-order valence-electron chi connectivity index (χ3n) is 3.57. The molecule has 0 amide bonds. The van der Waals surface area contributed by atoms with Crippen LogP contribution in [0.2, 0.25) is 0 Å². The lowest BCUT2D eigenvalue weighted by atomic mass is 9.89. The second kappa shape index (κ2) is 5.96. The summed E-state index contributed by atoms with van der Waals surface area (Å²) in [6.45, 7) is 3.99. The first-order valence-corrected chi connectivity index (χ1v) is 6.15. The van der Waals surface area contributed by atoms with E-state index < -0.39 is 5.60 Å². The molecule has 1 aromatic heterocycles. The van der Waals surface area contributed by atoms with Crippen molar-refractivity contribution in [2.45, 2.75) is 45.1 Å². The van der Waals surface area contributed by atoms with Crippen LogP contribution in [0.15, 0.2) is 12.3 Å². The minimum atomic E-state index is -0.599. The third kappa shape index (κ3) is 2.94. The number of rotatable bonds is 7. The maximum Gasteiger partial charge on any atom is 0.164 e. The number of ether oxygens (including phenoxy) is 1. The summed E-state index contributed by atoms with van der Waals surface area (Å²) in [7, 11) is 3.51. The van der Waals surface area contributed by atoms with Crippen LogP contribution in [-0.4, -0.2) is 28.3 Å². The van der Waals surface area contributed by atoms with Crippen LogP contribution in [0.5, 0.6) is 0 Å². The predicted molar refractivity (Wildman–Crippen MR) is 66.9 cm³/mol. The fourth-order valence-corrected chi connectivity index (χ4v) is 2.16. The van der Waals surface area contributed by atoms with Crippen molar-refractivity contribution < 1.29 is 9.53 Å². The van der Waals surface area contributed by atoms with Gasteiger partial charge in [-0.05, 0) is 25.3 Å².